The van der Waals surface area contributed by atoms with Gasteiger partial charge in [-0.15, -0.1) is 0 Å². The van der Waals surface area contributed by atoms with E-state index in [2.05, 4.69) is 9.73 Å². The Hall–Kier alpha value is -0.550. The zero-order valence-electron chi connectivity index (χ0n) is 7.28. The van der Waals surface area contributed by atoms with Gasteiger partial charge in [-0.2, -0.15) is 4.99 Å². The van der Waals surface area contributed by atoms with Crippen LogP contribution in [0.2, 0.25) is 0 Å². The number of carbonyl (C=O) groups excluding carboxylic acids is 1. The van der Waals surface area contributed by atoms with Gasteiger partial charge in [-0.25, -0.2) is 4.79 Å². The van der Waals surface area contributed by atoms with Gasteiger partial charge < -0.3 is 9.47 Å². The zero-order valence-corrected chi connectivity index (χ0v) is 8.10. The first kappa shape index (κ1) is 11.4. The third-order valence-corrected chi connectivity index (χ3v) is 1.41. The van der Waals surface area contributed by atoms with Crippen molar-refractivity contribution in [3.05, 3.63) is 0 Å². The lowest BCUT2D eigenvalue weighted by atomic mass is 10.9. The predicted molar refractivity (Wildman–Crippen MR) is 49.6 cm³/mol. The van der Waals surface area contributed by atoms with Crippen LogP contribution in [0.5, 0.6) is 0 Å². The first-order valence-electron chi connectivity index (χ1n) is 3.69. The summed E-state index contributed by atoms with van der Waals surface area (Å²) in [6.45, 7) is 4.66. The molecule has 1 amide bonds. The van der Waals surface area contributed by atoms with E-state index in [-0.39, 0.29) is 0 Å². The highest BCUT2D eigenvalue weighted by molar-refractivity contribution is 8.11. The monoisotopic (exact) mass is 191 g/mol. The standard InChI is InChI=1S/C7H13NO3S/c1-3-10-6-12-5-8-7(9)11-4-2/h5H,3-4,6H2,1-2H3. The lowest BCUT2D eigenvalue weighted by Crippen LogP contribution is -1.97. The van der Waals surface area contributed by atoms with E-state index in [1.807, 2.05) is 6.92 Å². The Kier molecular flexibility index (Phi) is 8.15. The third-order valence-electron chi connectivity index (χ3n) is 0.856. The molecule has 5 heteroatoms. The molecule has 0 aliphatic carbocycles. The van der Waals surface area contributed by atoms with Crippen LogP contribution in [-0.2, 0) is 9.47 Å². The van der Waals surface area contributed by atoms with Crippen molar-refractivity contribution in [3.8, 4) is 0 Å². The molecular weight excluding hydrogens is 178 g/mol. The van der Waals surface area contributed by atoms with Gasteiger partial charge in [0, 0.05) is 6.61 Å². The maximum Gasteiger partial charge on any atom is 0.434 e. The van der Waals surface area contributed by atoms with Crippen molar-refractivity contribution in [3.63, 3.8) is 0 Å². The van der Waals surface area contributed by atoms with E-state index in [9.17, 15) is 4.79 Å². The fourth-order valence-corrected chi connectivity index (χ4v) is 0.887. The van der Waals surface area contributed by atoms with Crippen molar-refractivity contribution in [2.75, 3.05) is 19.2 Å². The molecule has 0 bridgehead atoms. The molecule has 0 heterocycles. The van der Waals surface area contributed by atoms with Crippen molar-refractivity contribution in [1.29, 1.82) is 0 Å². The van der Waals surface area contributed by atoms with Crippen molar-refractivity contribution in [2.24, 2.45) is 4.99 Å². The normalized spacial score (nSPS) is 10.5. The Bertz CT molecular complexity index is 150. The third kappa shape index (κ3) is 7.56. The summed E-state index contributed by atoms with van der Waals surface area (Å²) in [5.41, 5.74) is 1.42. The molecule has 0 unspecified atom stereocenters. The summed E-state index contributed by atoms with van der Waals surface area (Å²) in [5.74, 6) is 0.513. The van der Waals surface area contributed by atoms with Crippen LogP contribution in [0.15, 0.2) is 4.99 Å². The Labute approximate surface area is 76.3 Å². The summed E-state index contributed by atoms with van der Waals surface area (Å²) < 4.78 is 9.55. The molecule has 0 aromatic carbocycles. The van der Waals surface area contributed by atoms with Crippen LogP contribution in [0.3, 0.4) is 0 Å². The van der Waals surface area contributed by atoms with Crippen molar-refractivity contribution >= 4 is 23.4 Å². The molecule has 12 heavy (non-hydrogen) atoms. The summed E-state index contributed by atoms with van der Waals surface area (Å²) in [6, 6.07) is 0. The maximum atomic E-state index is 10.6. The number of rotatable bonds is 5. The van der Waals surface area contributed by atoms with Crippen LogP contribution in [0.4, 0.5) is 4.79 Å². The van der Waals surface area contributed by atoms with Gasteiger partial charge in [-0.05, 0) is 13.8 Å². The molecule has 0 aliphatic heterocycles. The van der Waals surface area contributed by atoms with Crippen molar-refractivity contribution in [2.45, 2.75) is 13.8 Å². The van der Waals surface area contributed by atoms with Crippen molar-refractivity contribution < 1.29 is 14.3 Å². The predicted octanol–water partition coefficient (Wildman–Crippen LogP) is 1.90. The molecule has 0 N–H and O–H groups in total. The average Bonchev–Trinajstić information content (AvgIpc) is 2.05. The van der Waals surface area contributed by atoms with Gasteiger partial charge in [0.15, 0.2) is 0 Å². The second-order valence-electron chi connectivity index (χ2n) is 1.71. The van der Waals surface area contributed by atoms with Crippen LogP contribution < -0.4 is 0 Å². The van der Waals surface area contributed by atoms with Gasteiger partial charge >= 0.3 is 6.09 Å². The minimum atomic E-state index is -0.554. The highest BCUT2D eigenvalue weighted by Gasteiger charge is 1.93. The molecule has 0 atom stereocenters. The van der Waals surface area contributed by atoms with E-state index in [1.54, 1.807) is 6.92 Å². The number of aliphatic imine (C=N–C) groups is 1. The van der Waals surface area contributed by atoms with Gasteiger partial charge in [0.05, 0.1) is 18.1 Å². The summed E-state index contributed by atoms with van der Waals surface area (Å²) in [6.07, 6.45) is -0.554. The van der Waals surface area contributed by atoms with E-state index in [0.29, 0.717) is 19.2 Å². The molecule has 70 valence electrons. The molecule has 0 aliphatic rings. The molecule has 0 spiro atoms. The van der Waals surface area contributed by atoms with Gasteiger partial charge in [0.25, 0.3) is 0 Å². The SMILES string of the molecule is CCOCSC=NC(=O)OCC. The second kappa shape index (κ2) is 8.55. The summed E-state index contributed by atoms with van der Waals surface area (Å²) in [5, 5.41) is 0. The number of hydrogen-bond donors (Lipinski definition) is 0. The lowest BCUT2D eigenvalue weighted by Gasteiger charge is -1.95. The topological polar surface area (TPSA) is 47.9 Å². The second-order valence-corrected chi connectivity index (χ2v) is 2.49. The fourth-order valence-electron chi connectivity index (χ4n) is 0.403. The Balaban J connectivity index is 3.29. The quantitative estimate of drug-likeness (QED) is 0.288. The summed E-state index contributed by atoms with van der Waals surface area (Å²) in [7, 11) is 0. The molecule has 0 fully saturated rings. The molecule has 0 aromatic heterocycles. The van der Waals surface area contributed by atoms with E-state index in [4.69, 9.17) is 4.74 Å². The number of hydrogen-bond acceptors (Lipinski definition) is 4. The van der Waals surface area contributed by atoms with E-state index in [1.165, 1.54) is 17.3 Å². The Morgan fingerprint density at radius 3 is 2.83 bits per heavy atom. The van der Waals surface area contributed by atoms with E-state index in [0.717, 1.165) is 0 Å². The maximum absolute atomic E-state index is 10.6. The molecular formula is C7H13NO3S. The minimum Gasteiger partial charge on any atom is -0.448 e. The molecule has 0 saturated heterocycles. The molecule has 4 nitrogen and oxygen atoms in total. The van der Waals surface area contributed by atoms with Crippen LogP contribution >= 0.6 is 11.8 Å². The zero-order chi connectivity index (χ0) is 9.23. The van der Waals surface area contributed by atoms with Crippen LogP contribution in [0.1, 0.15) is 13.8 Å². The highest BCUT2D eigenvalue weighted by atomic mass is 32.2. The molecule has 0 rings (SSSR count). The van der Waals surface area contributed by atoms with Gasteiger partial charge in [0.1, 0.15) is 0 Å². The number of thioether (sulfide) groups is 1. The Morgan fingerprint density at radius 1 is 1.50 bits per heavy atom. The summed E-state index contributed by atoms with van der Waals surface area (Å²) >= 11 is 1.32. The van der Waals surface area contributed by atoms with E-state index >= 15 is 0 Å². The smallest absolute Gasteiger partial charge is 0.434 e. The number of amides is 1. The summed E-state index contributed by atoms with van der Waals surface area (Å²) in [4.78, 5) is 14.1. The van der Waals surface area contributed by atoms with Gasteiger partial charge in [0.2, 0.25) is 0 Å². The first-order valence-corrected chi connectivity index (χ1v) is 4.74. The molecule has 0 radical (unpaired) electrons. The fraction of sp³-hybridized carbons (Fsp3) is 0.714. The molecule has 0 aromatic rings. The van der Waals surface area contributed by atoms with Crippen LogP contribution in [0.25, 0.3) is 0 Å². The van der Waals surface area contributed by atoms with E-state index < -0.39 is 6.09 Å². The lowest BCUT2D eigenvalue weighted by molar-refractivity contribution is 0.164. The number of carbonyl (C=O) groups is 1. The van der Waals surface area contributed by atoms with Crippen LogP contribution in [0, 0.1) is 0 Å². The van der Waals surface area contributed by atoms with Gasteiger partial charge in [-0.1, -0.05) is 11.8 Å². The first-order chi connectivity index (χ1) is 5.81. The highest BCUT2D eigenvalue weighted by Crippen LogP contribution is 1.95. The largest absolute Gasteiger partial charge is 0.448 e. The average molecular weight is 191 g/mol. The number of ether oxygens (including phenoxy) is 2. The number of nitrogens with zero attached hydrogens (tertiary/aromatic N) is 1. The molecule has 0 saturated carbocycles. The van der Waals surface area contributed by atoms with Gasteiger partial charge in [-0.3, -0.25) is 0 Å². The van der Waals surface area contributed by atoms with Crippen molar-refractivity contribution in [1.82, 2.24) is 0 Å². The minimum absolute atomic E-state index is 0.353. The van der Waals surface area contributed by atoms with Crippen LogP contribution in [-0.4, -0.2) is 30.8 Å². The Morgan fingerprint density at radius 2 is 2.25 bits per heavy atom.